The lowest BCUT2D eigenvalue weighted by Gasteiger charge is -2.14. The summed E-state index contributed by atoms with van der Waals surface area (Å²) in [5.74, 6) is -0.485. The summed E-state index contributed by atoms with van der Waals surface area (Å²) in [6, 6.07) is 16.6. The molecule has 0 unspecified atom stereocenters. The number of benzene rings is 2. The van der Waals surface area contributed by atoms with Gasteiger partial charge in [0.05, 0.1) is 0 Å². The summed E-state index contributed by atoms with van der Waals surface area (Å²) in [4.78, 5) is 35.2. The highest BCUT2D eigenvalue weighted by Gasteiger charge is 2.11. The molecule has 154 valence electrons. The van der Waals surface area contributed by atoms with Crippen LogP contribution >= 0.6 is 0 Å². The average molecular weight is 397 g/mol. The van der Waals surface area contributed by atoms with Crippen molar-refractivity contribution in [2.45, 2.75) is 39.2 Å². The number of rotatable bonds is 11. The van der Waals surface area contributed by atoms with Gasteiger partial charge in [-0.1, -0.05) is 37.3 Å². The predicted octanol–water partition coefficient (Wildman–Crippen LogP) is 3.34. The van der Waals surface area contributed by atoms with Crippen LogP contribution in [0.5, 0.6) is 5.75 Å². The number of aryl methyl sites for hydroxylation is 1. The Kier molecular flexibility index (Phi) is 8.89. The summed E-state index contributed by atoms with van der Waals surface area (Å²) >= 11 is 0. The van der Waals surface area contributed by atoms with Gasteiger partial charge in [-0.15, -0.1) is 0 Å². The number of ether oxygens (including phenoxy) is 2. The van der Waals surface area contributed by atoms with Crippen molar-refractivity contribution in [1.82, 2.24) is 5.32 Å². The first-order valence-corrected chi connectivity index (χ1v) is 9.73. The highest BCUT2D eigenvalue weighted by Crippen LogP contribution is 2.13. The van der Waals surface area contributed by atoms with E-state index in [1.54, 1.807) is 31.2 Å². The zero-order valence-corrected chi connectivity index (χ0v) is 16.9. The van der Waals surface area contributed by atoms with Crippen molar-refractivity contribution in [3.05, 3.63) is 65.7 Å². The van der Waals surface area contributed by atoms with E-state index in [1.165, 1.54) is 5.56 Å². The molecule has 2 rings (SSSR count). The molecule has 2 aromatic rings. The molecule has 6 nitrogen and oxygen atoms in total. The minimum atomic E-state index is -0.634. The van der Waals surface area contributed by atoms with Crippen molar-refractivity contribution in [2.24, 2.45) is 0 Å². The second kappa shape index (κ2) is 11.6. The number of carbonyl (C=O) groups excluding carboxylic acids is 3. The van der Waals surface area contributed by atoms with Crippen LogP contribution in [0.15, 0.2) is 54.6 Å². The van der Waals surface area contributed by atoms with Gasteiger partial charge in [-0.25, -0.2) is 4.79 Å². The molecule has 1 atom stereocenters. The van der Waals surface area contributed by atoms with Gasteiger partial charge >= 0.3 is 5.97 Å². The number of carbonyl (C=O) groups is 3. The average Bonchev–Trinajstić information content (AvgIpc) is 2.75. The second-order valence-electron chi connectivity index (χ2n) is 6.74. The molecule has 0 radical (unpaired) electrons. The van der Waals surface area contributed by atoms with Crippen LogP contribution in [0.4, 0.5) is 0 Å². The molecule has 29 heavy (non-hydrogen) atoms. The van der Waals surface area contributed by atoms with Crippen LogP contribution in [-0.4, -0.2) is 36.9 Å². The predicted molar refractivity (Wildman–Crippen MR) is 110 cm³/mol. The normalized spacial score (nSPS) is 11.4. The third-order valence-electron chi connectivity index (χ3n) is 4.33. The van der Waals surface area contributed by atoms with Gasteiger partial charge in [0.1, 0.15) is 5.75 Å². The Balaban J connectivity index is 1.63. The summed E-state index contributed by atoms with van der Waals surface area (Å²) in [5.41, 5.74) is 1.81. The fourth-order valence-electron chi connectivity index (χ4n) is 2.69. The van der Waals surface area contributed by atoms with Crippen LogP contribution in [-0.2, 0) is 20.7 Å². The van der Waals surface area contributed by atoms with E-state index in [9.17, 15) is 14.4 Å². The second-order valence-corrected chi connectivity index (χ2v) is 6.74. The van der Waals surface area contributed by atoms with Gasteiger partial charge in [0.15, 0.2) is 19.0 Å². The first kappa shape index (κ1) is 22.1. The van der Waals surface area contributed by atoms with E-state index in [4.69, 9.17) is 9.47 Å². The van der Waals surface area contributed by atoms with Crippen LogP contribution < -0.4 is 10.1 Å². The van der Waals surface area contributed by atoms with Crippen molar-refractivity contribution in [3.63, 3.8) is 0 Å². The molecule has 0 aliphatic heterocycles. The van der Waals surface area contributed by atoms with E-state index in [2.05, 4.69) is 5.32 Å². The molecule has 2 aromatic carbocycles. The Morgan fingerprint density at radius 1 is 0.966 bits per heavy atom. The maximum Gasteiger partial charge on any atom is 0.344 e. The minimum absolute atomic E-state index is 0.0259. The number of ketones is 1. The molecule has 0 bridgehead atoms. The number of nitrogens with one attached hydrogen (secondary N) is 1. The number of esters is 1. The van der Waals surface area contributed by atoms with E-state index >= 15 is 0 Å². The van der Waals surface area contributed by atoms with E-state index in [1.807, 2.05) is 37.3 Å². The lowest BCUT2D eigenvalue weighted by atomic mass is 10.1. The van der Waals surface area contributed by atoms with Gasteiger partial charge in [0.2, 0.25) is 0 Å². The Morgan fingerprint density at radius 3 is 2.31 bits per heavy atom. The lowest BCUT2D eigenvalue weighted by molar-refractivity contribution is -0.150. The Morgan fingerprint density at radius 2 is 1.66 bits per heavy atom. The maximum absolute atomic E-state index is 11.9. The molecule has 0 heterocycles. The summed E-state index contributed by atoms with van der Waals surface area (Å²) in [5, 5.41) is 2.81. The monoisotopic (exact) mass is 397 g/mol. The van der Waals surface area contributed by atoms with Crippen molar-refractivity contribution in [1.29, 1.82) is 0 Å². The van der Waals surface area contributed by atoms with Crippen LogP contribution in [0.25, 0.3) is 0 Å². The van der Waals surface area contributed by atoms with Gasteiger partial charge in [-0.2, -0.15) is 0 Å². The Bertz CT molecular complexity index is 802. The van der Waals surface area contributed by atoms with Crippen LogP contribution in [0, 0.1) is 0 Å². The standard InChI is InChI=1S/C23H27NO5/c1-3-21(25)19-11-13-20(14-12-19)28-16-23(27)29-15-22(26)24-17(2)9-10-18-7-5-4-6-8-18/h4-8,11-14,17H,3,9-10,15-16H2,1-2H3,(H,24,26)/t17-/m1/s1. The summed E-state index contributed by atoms with van der Waals surface area (Å²) in [7, 11) is 0. The van der Waals surface area contributed by atoms with Crippen molar-refractivity contribution in [2.75, 3.05) is 13.2 Å². The molecule has 1 amide bonds. The van der Waals surface area contributed by atoms with Gasteiger partial charge in [0.25, 0.3) is 5.91 Å². The van der Waals surface area contributed by atoms with Crippen molar-refractivity contribution >= 4 is 17.7 Å². The molecule has 0 fully saturated rings. The maximum atomic E-state index is 11.9. The highest BCUT2D eigenvalue weighted by atomic mass is 16.6. The molecule has 0 saturated carbocycles. The SMILES string of the molecule is CCC(=O)c1ccc(OCC(=O)OCC(=O)N[C@H](C)CCc2ccccc2)cc1. The number of Topliss-reactive ketones (excluding diaryl/α,β-unsaturated/α-hetero) is 1. The number of hydrogen-bond acceptors (Lipinski definition) is 5. The highest BCUT2D eigenvalue weighted by molar-refractivity contribution is 5.95. The molecular weight excluding hydrogens is 370 g/mol. The molecule has 1 N–H and O–H groups in total. The Hall–Kier alpha value is -3.15. The fraction of sp³-hybridized carbons (Fsp3) is 0.348. The summed E-state index contributed by atoms with van der Waals surface area (Å²) in [6.45, 7) is 3.06. The molecule has 0 aliphatic carbocycles. The van der Waals surface area contributed by atoms with E-state index < -0.39 is 5.97 Å². The van der Waals surface area contributed by atoms with Crippen molar-refractivity contribution in [3.8, 4) is 5.75 Å². The third kappa shape index (κ3) is 8.17. The lowest BCUT2D eigenvalue weighted by Crippen LogP contribution is -2.36. The molecule has 0 aromatic heterocycles. The fourth-order valence-corrected chi connectivity index (χ4v) is 2.69. The first-order valence-electron chi connectivity index (χ1n) is 9.73. The molecule has 0 aliphatic rings. The summed E-state index contributed by atoms with van der Waals surface area (Å²) in [6.07, 6.45) is 2.08. The smallest absolute Gasteiger partial charge is 0.344 e. The van der Waals surface area contributed by atoms with Gasteiger partial charge in [-0.05, 0) is 49.6 Å². The zero-order valence-electron chi connectivity index (χ0n) is 16.9. The van der Waals surface area contributed by atoms with Gasteiger partial charge in [0, 0.05) is 18.0 Å². The van der Waals surface area contributed by atoms with E-state index in [0.717, 1.165) is 12.8 Å². The van der Waals surface area contributed by atoms with E-state index in [-0.39, 0.29) is 30.9 Å². The quantitative estimate of drug-likeness (QED) is 0.465. The van der Waals surface area contributed by atoms with Crippen molar-refractivity contribution < 1.29 is 23.9 Å². The topological polar surface area (TPSA) is 81.7 Å². The van der Waals surface area contributed by atoms with Gasteiger partial charge < -0.3 is 14.8 Å². The third-order valence-corrected chi connectivity index (χ3v) is 4.33. The van der Waals surface area contributed by atoms with E-state index in [0.29, 0.717) is 17.7 Å². The number of amides is 1. The molecule has 0 spiro atoms. The Labute approximate surface area is 171 Å². The number of hydrogen-bond donors (Lipinski definition) is 1. The minimum Gasteiger partial charge on any atom is -0.482 e. The first-order chi connectivity index (χ1) is 14.0. The molecule has 0 saturated heterocycles. The van der Waals surface area contributed by atoms with Crippen LogP contribution in [0.2, 0.25) is 0 Å². The van der Waals surface area contributed by atoms with Crippen LogP contribution in [0.1, 0.15) is 42.6 Å². The zero-order chi connectivity index (χ0) is 21.1. The molecular formula is C23H27NO5. The largest absolute Gasteiger partial charge is 0.482 e. The van der Waals surface area contributed by atoms with Gasteiger partial charge in [-0.3, -0.25) is 9.59 Å². The van der Waals surface area contributed by atoms with Crippen LogP contribution in [0.3, 0.4) is 0 Å². The molecule has 6 heteroatoms. The summed E-state index contributed by atoms with van der Waals surface area (Å²) < 4.78 is 10.3.